The van der Waals surface area contributed by atoms with Crippen LogP contribution in [0.1, 0.15) is 51.0 Å². The minimum Gasteiger partial charge on any atom is -0.352 e. The van der Waals surface area contributed by atoms with Crippen LogP contribution in [0.4, 0.5) is 5.69 Å². The van der Waals surface area contributed by atoms with Crippen LogP contribution in [0.5, 0.6) is 0 Å². The van der Waals surface area contributed by atoms with Gasteiger partial charge in [0.05, 0.1) is 30.7 Å². The molecule has 230 valence electrons. The van der Waals surface area contributed by atoms with E-state index in [1.54, 1.807) is 36.4 Å². The first-order valence-electron chi connectivity index (χ1n) is 14.1. The van der Waals surface area contributed by atoms with Crippen molar-refractivity contribution in [3.8, 4) is 0 Å². The van der Waals surface area contributed by atoms with Crippen molar-refractivity contribution in [1.29, 1.82) is 0 Å². The maximum Gasteiger partial charge on any atom is 0.264 e. The zero-order valence-electron chi connectivity index (χ0n) is 23.6. The quantitative estimate of drug-likeness (QED) is 0.224. The zero-order chi connectivity index (χ0) is 31.1. The fraction of sp³-hybridized carbons (Fsp3) is 0.355. The molecule has 1 unspecified atom stereocenters. The van der Waals surface area contributed by atoms with Crippen molar-refractivity contribution in [3.63, 3.8) is 0 Å². The van der Waals surface area contributed by atoms with Gasteiger partial charge in [0.1, 0.15) is 12.6 Å². The van der Waals surface area contributed by atoms with E-state index < -0.39 is 28.5 Å². The Morgan fingerprint density at radius 1 is 0.860 bits per heavy atom. The number of nitrogens with one attached hydrogen (secondary N) is 1. The third kappa shape index (κ3) is 8.37. The molecule has 0 saturated heterocycles. The van der Waals surface area contributed by atoms with Crippen molar-refractivity contribution in [2.75, 3.05) is 10.8 Å². The van der Waals surface area contributed by atoms with E-state index in [4.69, 9.17) is 46.4 Å². The Morgan fingerprint density at radius 3 is 2.09 bits per heavy atom. The van der Waals surface area contributed by atoms with E-state index in [-0.39, 0.29) is 39.1 Å². The number of benzene rings is 3. The van der Waals surface area contributed by atoms with Crippen molar-refractivity contribution in [1.82, 2.24) is 10.2 Å². The minimum atomic E-state index is -4.23. The monoisotopic (exact) mass is 683 g/mol. The first-order chi connectivity index (χ1) is 20.5. The predicted molar refractivity (Wildman–Crippen MR) is 174 cm³/mol. The largest absolute Gasteiger partial charge is 0.352 e. The average molecular weight is 686 g/mol. The van der Waals surface area contributed by atoms with E-state index in [9.17, 15) is 18.0 Å². The van der Waals surface area contributed by atoms with Crippen molar-refractivity contribution in [2.45, 2.75) is 69.0 Å². The number of sulfonamides is 1. The van der Waals surface area contributed by atoms with Gasteiger partial charge in [-0.1, -0.05) is 96.9 Å². The number of amides is 2. The lowest BCUT2D eigenvalue weighted by atomic mass is 9.95. The number of nitrogens with zero attached hydrogens (tertiary/aromatic N) is 2. The van der Waals surface area contributed by atoms with Gasteiger partial charge >= 0.3 is 0 Å². The molecule has 1 aliphatic rings. The van der Waals surface area contributed by atoms with E-state index in [2.05, 4.69) is 5.32 Å². The second-order valence-electron chi connectivity index (χ2n) is 10.5. The molecule has 0 radical (unpaired) electrons. The molecule has 1 saturated carbocycles. The Morgan fingerprint density at radius 2 is 1.49 bits per heavy atom. The van der Waals surface area contributed by atoms with E-state index >= 15 is 0 Å². The summed E-state index contributed by atoms with van der Waals surface area (Å²) in [7, 11) is -4.23. The average Bonchev–Trinajstić information content (AvgIpc) is 3.00. The van der Waals surface area contributed by atoms with Crippen LogP contribution < -0.4 is 9.62 Å². The van der Waals surface area contributed by atoms with Gasteiger partial charge in [0.25, 0.3) is 10.0 Å². The first kappa shape index (κ1) is 33.4. The molecule has 4 rings (SSSR count). The van der Waals surface area contributed by atoms with Crippen LogP contribution in [0, 0.1) is 0 Å². The van der Waals surface area contributed by atoms with Gasteiger partial charge in [-0.15, -0.1) is 0 Å². The van der Waals surface area contributed by atoms with E-state index in [0.29, 0.717) is 22.0 Å². The summed E-state index contributed by atoms with van der Waals surface area (Å²) < 4.78 is 28.8. The maximum atomic E-state index is 14.2. The Kier molecular flexibility index (Phi) is 11.6. The summed E-state index contributed by atoms with van der Waals surface area (Å²) in [6.45, 7) is 1.23. The summed E-state index contributed by atoms with van der Waals surface area (Å²) in [4.78, 5) is 29.3. The summed E-state index contributed by atoms with van der Waals surface area (Å²) in [5.41, 5.74) is 0.791. The number of anilines is 1. The highest BCUT2D eigenvalue weighted by atomic mass is 35.5. The maximum absolute atomic E-state index is 14.2. The Hall–Kier alpha value is -2.49. The summed E-state index contributed by atoms with van der Waals surface area (Å²) in [5.74, 6) is -0.864. The van der Waals surface area contributed by atoms with Gasteiger partial charge in [0.2, 0.25) is 11.8 Å². The minimum absolute atomic E-state index is 0.00686. The lowest BCUT2D eigenvalue weighted by Crippen LogP contribution is -2.54. The summed E-state index contributed by atoms with van der Waals surface area (Å²) in [6.07, 6.45) is 5.26. The van der Waals surface area contributed by atoms with Crippen LogP contribution in [0.15, 0.2) is 71.6 Å². The molecule has 2 amide bonds. The summed E-state index contributed by atoms with van der Waals surface area (Å²) >= 11 is 24.8. The smallest absolute Gasteiger partial charge is 0.264 e. The second-order valence-corrected chi connectivity index (χ2v) is 14.0. The van der Waals surface area contributed by atoms with Gasteiger partial charge in [-0.2, -0.15) is 0 Å². The number of halogens is 4. The van der Waals surface area contributed by atoms with Crippen molar-refractivity contribution in [2.24, 2.45) is 0 Å². The number of carbonyl (C=O) groups excluding carboxylic acids is 2. The molecule has 1 atom stereocenters. The van der Waals surface area contributed by atoms with E-state index in [0.717, 1.165) is 36.4 Å². The Labute approximate surface area is 273 Å². The fourth-order valence-corrected chi connectivity index (χ4v) is 7.23. The Balaban J connectivity index is 1.73. The van der Waals surface area contributed by atoms with Gasteiger partial charge in [-0.25, -0.2) is 8.42 Å². The van der Waals surface area contributed by atoms with Crippen LogP contribution in [-0.4, -0.2) is 43.8 Å². The van der Waals surface area contributed by atoms with Gasteiger partial charge in [0, 0.05) is 12.6 Å². The van der Waals surface area contributed by atoms with Crippen LogP contribution >= 0.6 is 46.4 Å². The number of carbonyl (C=O) groups is 2. The molecule has 0 aliphatic heterocycles. The number of rotatable bonds is 11. The SMILES string of the molecule is CCC(C(=O)NC1CCCCC1)N(Cc1ccc(Cl)c(Cl)c1)C(=O)CN(c1ccc(Cl)c(Cl)c1)S(=O)(=O)c1ccccc1. The van der Waals surface area contributed by atoms with Crippen molar-refractivity contribution in [3.05, 3.63) is 92.4 Å². The third-order valence-corrected chi connectivity index (χ3v) is 10.7. The molecule has 12 heteroatoms. The predicted octanol–water partition coefficient (Wildman–Crippen LogP) is 7.75. The van der Waals surface area contributed by atoms with E-state index in [1.165, 1.54) is 35.2 Å². The molecule has 1 fully saturated rings. The van der Waals surface area contributed by atoms with Gasteiger partial charge in [0.15, 0.2) is 0 Å². The molecule has 43 heavy (non-hydrogen) atoms. The topological polar surface area (TPSA) is 86.8 Å². The molecule has 1 aliphatic carbocycles. The van der Waals surface area contributed by atoms with Crippen LogP contribution in [0.25, 0.3) is 0 Å². The highest BCUT2D eigenvalue weighted by Crippen LogP contribution is 2.31. The number of hydrogen-bond donors (Lipinski definition) is 1. The molecule has 0 aromatic heterocycles. The van der Waals surface area contributed by atoms with Gasteiger partial charge in [-0.3, -0.25) is 13.9 Å². The summed E-state index contributed by atoms with van der Waals surface area (Å²) in [5, 5.41) is 4.14. The lowest BCUT2D eigenvalue weighted by molar-refractivity contribution is -0.140. The molecule has 3 aromatic rings. The van der Waals surface area contributed by atoms with Gasteiger partial charge < -0.3 is 10.2 Å². The van der Waals surface area contributed by atoms with E-state index in [1.807, 2.05) is 6.92 Å². The molecule has 1 N–H and O–H groups in total. The molecular weight excluding hydrogens is 652 g/mol. The third-order valence-electron chi connectivity index (χ3n) is 7.48. The van der Waals surface area contributed by atoms with Crippen LogP contribution in [0.3, 0.4) is 0 Å². The molecule has 3 aromatic carbocycles. The molecule has 7 nitrogen and oxygen atoms in total. The highest BCUT2D eigenvalue weighted by molar-refractivity contribution is 7.92. The van der Waals surface area contributed by atoms with Crippen molar-refractivity contribution < 1.29 is 18.0 Å². The highest BCUT2D eigenvalue weighted by Gasteiger charge is 2.34. The zero-order valence-corrected chi connectivity index (χ0v) is 27.5. The molecule has 0 heterocycles. The number of hydrogen-bond acceptors (Lipinski definition) is 4. The van der Waals surface area contributed by atoms with Crippen LogP contribution in [-0.2, 0) is 26.2 Å². The first-order valence-corrected chi connectivity index (χ1v) is 17.0. The fourth-order valence-electron chi connectivity index (χ4n) is 5.19. The standard InChI is InChI=1S/C31H33Cl4N3O4S/c1-2-29(31(40)36-22-9-5-3-6-10-22)37(19-21-13-15-25(32)27(34)17-21)30(39)20-38(23-14-16-26(33)28(35)18-23)43(41,42)24-11-7-4-8-12-24/h4,7-8,11-18,22,29H,2-3,5-6,9-10,19-20H2,1H3,(H,36,40). The normalized spacial score (nSPS) is 14.6. The molecule has 0 spiro atoms. The molecule has 0 bridgehead atoms. The second kappa shape index (κ2) is 15.0. The Bertz CT molecular complexity index is 1550. The van der Waals surface area contributed by atoms with Crippen LogP contribution in [0.2, 0.25) is 20.1 Å². The lowest BCUT2D eigenvalue weighted by Gasteiger charge is -2.34. The molecular formula is C31H33Cl4N3O4S. The summed E-state index contributed by atoms with van der Waals surface area (Å²) in [6, 6.07) is 16.3. The van der Waals surface area contributed by atoms with Crippen molar-refractivity contribution >= 4 is 73.9 Å². The van der Waals surface area contributed by atoms with Gasteiger partial charge in [-0.05, 0) is 67.3 Å².